The number of hydrogen-bond acceptors (Lipinski definition) is 2. The zero-order valence-electron chi connectivity index (χ0n) is 7.60. The highest BCUT2D eigenvalue weighted by Crippen LogP contribution is 1.97. The fraction of sp³-hybridized carbons (Fsp3) is 0.778. The van der Waals surface area contributed by atoms with Gasteiger partial charge in [0, 0.05) is 13.2 Å². The third-order valence-corrected chi connectivity index (χ3v) is 1.45. The number of likely N-dealkylation sites (N-methyl/N-ethyl adjacent to an activating group) is 1. The fourth-order valence-corrected chi connectivity index (χ4v) is 0.937. The minimum absolute atomic E-state index is 0.303. The van der Waals surface area contributed by atoms with Crippen molar-refractivity contribution in [3.05, 3.63) is 12.7 Å². The molecule has 0 fully saturated rings. The van der Waals surface area contributed by atoms with Gasteiger partial charge in [0.25, 0.3) is 0 Å². The third kappa shape index (κ3) is 6.07. The van der Waals surface area contributed by atoms with Gasteiger partial charge in [0.1, 0.15) is 0 Å². The molecule has 2 heteroatoms. The molecule has 0 bridgehead atoms. The summed E-state index contributed by atoms with van der Waals surface area (Å²) in [5.74, 6) is 0. The van der Waals surface area contributed by atoms with Crippen molar-refractivity contribution < 1.29 is 4.74 Å². The summed E-state index contributed by atoms with van der Waals surface area (Å²) in [6.45, 7) is 10.5. The Morgan fingerprint density at radius 2 is 2.27 bits per heavy atom. The molecule has 0 aliphatic rings. The molecule has 1 N–H and O–H groups in total. The van der Waals surface area contributed by atoms with Crippen LogP contribution in [0.15, 0.2) is 12.7 Å². The minimum Gasteiger partial charge on any atom is -0.377 e. The third-order valence-electron chi connectivity index (χ3n) is 1.45. The molecule has 66 valence electrons. The molecule has 0 aliphatic carbocycles. The second-order valence-electron chi connectivity index (χ2n) is 2.41. The van der Waals surface area contributed by atoms with Crippen LogP contribution in [-0.2, 0) is 4.74 Å². The summed E-state index contributed by atoms with van der Waals surface area (Å²) in [6.07, 6.45) is 3.14. The Morgan fingerprint density at radius 3 is 2.73 bits per heavy atom. The van der Waals surface area contributed by atoms with Gasteiger partial charge in [-0.25, -0.2) is 0 Å². The Kier molecular flexibility index (Phi) is 7.52. The van der Waals surface area contributed by atoms with Crippen molar-refractivity contribution >= 4 is 0 Å². The monoisotopic (exact) mass is 157 g/mol. The van der Waals surface area contributed by atoms with Gasteiger partial charge in [0.2, 0.25) is 0 Å². The highest BCUT2D eigenvalue weighted by molar-refractivity contribution is 4.74. The van der Waals surface area contributed by atoms with Crippen molar-refractivity contribution in [2.45, 2.75) is 26.4 Å². The van der Waals surface area contributed by atoms with Gasteiger partial charge in [-0.1, -0.05) is 13.0 Å². The summed E-state index contributed by atoms with van der Waals surface area (Å²) in [6, 6.07) is 0. The first kappa shape index (κ1) is 10.7. The van der Waals surface area contributed by atoms with Crippen molar-refractivity contribution in [3.8, 4) is 0 Å². The predicted octanol–water partition coefficient (Wildman–Crippen LogP) is 1.58. The SMILES string of the molecule is C=CCC(CNCC)OCC. The molecule has 11 heavy (non-hydrogen) atoms. The highest BCUT2D eigenvalue weighted by Gasteiger charge is 2.03. The molecule has 1 unspecified atom stereocenters. The fourth-order valence-electron chi connectivity index (χ4n) is 0.937. The van der Waals surface area contributed by atoms with E-state index in [1.54, 1.807) is 0 Å². The van der Waals surface area contributed by atoms with Crippen molar-refractivity contribution in [1.82, 2.24) is 5.32 Å². The molecule has 0 radical (unpaired) electrons. The molecule has 0 amide bonds. The molecule has 0 saturated carbocycles. The topological polar surface area (TPSA) is 21.3 Å². The lowest BCUT2D eigenvalue weighted by Gasteiger charge is -2.14. The van der Waals surface area contributed by atoms with Crippen LogP contribution >= 0.6 is 0 Å². The van der Waals surface area contributed by atoms with Crippen LogP contribution in [0.2, 0.25) is 0 Å². The normalized spacial score (nSPS) is 12.9. The smallest absolute Gasteiger partial charge is 0.0733 e. The van der Waals surface area contributed by atoms with E-state index in [1.165, 1.54) is 0 Å². The van der Waals surface area contributed by atoms with E-state index in [9.17, 15) is 0 Å². The molecule has 0 rings (SSSR count). The van der Waals surface area contributed by atoms with E-state index >= 15 is 0 Å². The predicted molar refractivity (Wildman–Crippen MR) is 48.8 cm³/mol. The van der Waals surface area contributed by atoms with Crippen LogP contribution in [0.3, 0.4) is 0 Å². The summed E-state index contributed by atoms with van der Waals surface area (Å²) < 4.78 is 5.45. The molecule has 0 saturated heterocycles. The van der Waals surface area contributed by atoms with E-state index < -0.39 is 0 Å². The average molecular weight is 157 g/mol. The summed E-state index contributed by atoms with van der Waals surface area (Å²) in [5, 5.41) is 3.25. The van der Waals surface area contributed by atoms with E-state index in [0.717, 1.165) is 26.1 Å². The first-order chi connectivity index (χ1) is 5.35. The highest BCUT2D eigenvalue weighted by atomic mass is 16.5. The summed E-state index contributed by atoms with van der Waals surface area (Å²) in [7, 11) is 0. The number of nitrogens with one attached hydrogen (secondary N) is 1. The van der Waals surface area contributed by atoms with Crippen LogP contribution in [0.1, 0.15) is 20.3 Å². The Labute approximate surface area is 69.6 Å². The van der Waals surface area contributed by atoms with E-state index in [0.29, 0.717) is 6.10 Å². The quantitative estimate of drug-likeness (QED) is 0.566. The molecule has 0 aromatic carbocycles. The first-order valence-electron chi connectivity index (χ1n) is 4.28. The zero-order chi connectivity index (χ0) is 8.53. The van der Waals surface area contributed by atoms with Gasteiger partial charge in [-0.05, 0) is 19.9 Å². The molecule has 2 nitrogen and oxygen atoms in total. The Morgan fingerprint density at radius 1 is 1.55 bits per heavy atom. The van der Waals surface area contributed by atoms with Crippen molar-refractivity contribution in [2.75, 3.05) is 19.7 Å². The maximum Gasteiger partial charge on any atom is 0.0733 e. The molecule has 0 aromatic rings. The van der Waals surface area contributed by atoms with Gasteiger partial charge in [-0.15, -0.1) is 6.58 Å². The second-order valence-corrected chi connectivity index (χ2v) is 2.41. The number of ether oxygens (including phenoxy) is 1. The summed E-state index contributed by atoms with van der Waals surface area (Å²) in [5.41, 5.74) is 0. The lowest BCUT2D eigenvalue weighted by molar-refractivity contribution is 0.0654. The van der Waals surface area contributed by atoms with Gasteiger partial charge in [-0.3, -0.25) is 0 Å². The van der Waals surface area contributed by atoms with Gasteiger partial charge in [0.15, 0.2) is 0 Å². The number of hydrogen-bond donors (Lipinski definition) is 1. The van der Waals surface area contributed by atoms with Crippen LogP contribution in [-0.4, -0.2) is 25.8 Å². The maximum absolute atomic E-state index is 5.45. The van der Waals surface area contributed by atoms with E-state index in [1.807, 2.05) is 13.0 Å². The van der Waals surface area contributed by atoms with Crippen molar-refractivity contribution in [3.63, 3.8) is 0 Å². The Hall–Kier alpha value is -0.340. The van der Waals surface area contributed by atoms with Crippen LogP contribution in [0.5, 0.6) is 0 Å². The van der Waals surface area contributed by atoms with E-state index in [2.05, 4.69) is 18.8 Å². The van der Waals surface area contributed by atoms with Crippen LogP contribution in [0.4, 0.5) is 0 Å². The molecule has 0 aromatic heterocycles. The first-order valence-corrected chi connectivity index (χ1v) is 4.28. The van der Waals surface area contributed by atoms with E-state index in [-0.39, 0.29) is 0 Å². The molecule has 0 spiro atoms. The summed E-state index contributed by atoms with van der Waals surface area (Å²) >= 11 is 0. The van der Waals surface area contributed by atoms with E-state index in [4.69, 9.17) is 4.74 Å². The maximum atomic E-state index is 5.45. The van der Waals surface area contributed by atoms with Crippen molar-refractivity contribution in [1.29, 1.82) is 0 Å². The minimum atomic E-state index is 0.303. The van der Waals surface area contributed by atoms with Crippen LogP contribution in [0, 0.1) is 0 Å². The zero-order valence-corrected chi connectivity index (χ0v) is 7.60. The Bertz CT molecular complexity index is 93.6. The summed E-state index contributed by atoms with van der Waals surface area (Å²) in [4.78, 5) is 0. The van der Waals surface area contributed by atoms with Crippen LogP contribution < -0.4 is 5.32 Å². The lowest BCUT2D eigenvalue weighted by Crippen LogP contribution is -2.28. The largest absolute Gasteiger partial charge is 0.377 e. The molecule has 1 atom stereocenters. The lowest BCUT2D eigenvalue weighted by atomic mass is 10.2. The number of rotatable bonds is 7. The Balaban J connectivity index is 3.41. The van der Waals surface area contributed by atoms with Crippen molar-refractivity contribution in [2.24, 2.45) is 0 Å². The standard InChI is InChI=1S/C9H19NO/c1-4-7-9(11-6-3)8-10-5-2/h4,9-10H,1,5-8H2,2-3H3. The molecule has 0 aliphatic heterocycles. The second kappa shape index (κ2) is 7.76. The average Bonchev–Trinajstić information content (AvgIpc) is 2.01. The van der Waals surface area contributed by atoms with Gasteiger partial charge in [0.05, 0.1) is 6.10 Å². The molecular formula is C9H19NO. The van der Waals surface area contributed by atoms with Gasteiger partial charge in [-0.2, -0.15) is 0 Å². The van der Waals surface area contributed by atoms with Crippen LogP contribution in [0.25, 0.3) is 0 Å². The van der Waals surface area contributed by atoms with Gasteiger partial charge < -0.3 is 10.1 Å². The molecular weight excluding hydrogens is 138 g/mol. The van der Waals surface area contributed by atoms with Gasteiger partial charge >= 0.3 is 0 Å². The molecule has 0 heterocycles.